The van der Waals surface area contributed by atoms with E-state index in [1.54, 1.807) is 0 Å². The van der Waals surface area contributed by atoms with Crippen molar-refractivity contribution in [1.29, 1.82) is 0 Å². The molecular formula is C19H30. The van der Waals surface area contributed by atoms with Gasteiger partial charge in [0, 0.05) is 6.42 Å². The van der Waals surface area contributed by atoms with Gasteiger partial charge >= 0.3 is 0 Å². The first kappa shape index (κ1) is 17.8. The zero-order valence-corrected chi connectivity index (χ0v) is 13.5. The second-order valence-corrected chi connectivity index (χ2v) is 5.43. The van der Waals surface area contributed by atoms with Crippen LogP contribution in [0.3, 0.4) is 0 Å². The van der Waals surface area contributed by atoms with Crippen molar-refractivity contribution in [2.45, 2.75) is 73.1 Å². The van der Waals surface area contributed by atoms with Gasteiger partial charge in [0.2, 0.25) is 0 Å². The van der Waals surface area contributed by atoms with E-state index in [9.17, 15) is 0 Å². The summed E-state index contributed by atoms with van der Waals surface area (Å²) in [6, 6.07) is 0. The molecule has 0 saturated carbocycles. The standard InChI is InChI=1S/C19H30/c1-6-7-8-9-13-18(4)15-11-16-19(5)14-10-12-17(2)3/h12-13,16H,8-11,14-15H2,1-5H3. The summed E-state index contributed by atoms with van der Waals surface area (Å²) < 4.78 is 0. The number of rotatable bonds is 8. The van der Waals surface area contributed by atoms with Crippen molar-refractivity contribution >= 4 is 0 Å². The maximum Gasteiger partial charge on any atom is 0.0123 e. The van der Waals surface area contributed by atoms with Crippen LogP contribution in [-0.2, 0) is 0 Å². The number of hydrogen-bond acceptors (Lipinski definition) is 0. The molecule has 0 saturated heterocycles. The topological polar surface area (TPSA) is 0 Å². The Hall–Kier alpha value is -1.22. The maximum absolute atomic E-state index is 3.10. The predicted molar refractivity (Wildman–Crippen MR) is 88.1 cm³/mol. The van der Waals surface area contributed by atoms with Crippen molar-refractivity contribution in [3.63, 3.8) is 0 Å². The molecule has 0 bridgehead atoms. The largest absolute Gasteiger partial charge is 0.107 e. The minimum absolute atomic E-state index is 0.991. The Bertz CT molecular complexity index is 376. The van der Waals surface area contributed by atoms with Crippen LogP contribution in [0.15, 0.2) is 34.9 Å². The van der Waals surface area contributed by atoms with Crippen LogP contribution in [-0.4, -0.2) is 0 Å². The molecule has 0 heterocycles. The van der Waals surface area contributed by atoms with E-state index >= 15 is 0 Å². The van der Waals surface area contributed by atoms with E-state index in [4.69, 9.17) is 0 Å². The Labute approximate surface area is 120 Å². The van der Waals surface area contributed by atoms with Crippen molar-refractivity contribution in [2.75, 3.05) is 0 Å². The molecule has 0 atom stereocenters. The molecule has 19 heavy (non-hydrogen) atoms. The lowest BCUT2D eigenvalue weighted by Crippen LogP contribution is -1.81. The lowest BCUT2D eigenvalue weighted by molar-refractivity contribution is 0.909. The van der Waals surface area contributed by atoms with E-state index in [1.165, 1.54) is 42.4 Å². The van der Waals surface area contributed by atoms with Gasteiger partial charge in [-0.2, -0.15) is 0 Å². The van der Waals surface area contributed by atoms with Gasteiger partial charge in [-0.1, -0.05) is 34.9 Å². The summed E-state index contributed by atoms with van der Waals surface area (Å²) in [6.45, 7) is 10.7. The van der Waals surface area contributed by atoms with Crippen molar-refractivity contribution in [1.82, 2.24) is 0 Å². The molecule has 0 aromatic rings. The molecule has 0 aliphatic rings. The van der Waals surface area contributed by atoms with Crippen LogP contribution in [0, 0.1) is 11.8 Å². The Balaban J connectivity index is 3.85. The highest BCUT2D eigenvalue weighted by atomic mass is 14.0. The molecule has 0 heteroatoms. The molecule has 106 valence electrons. The maximum atomic E-state index is 3.10. The summed E-state index contributed by atoms with van der Waals surface area (Å²) in [5.41, 5.74) is 4.43. The highest BCUT2D eigenvalue weighted by Crippen LogP contribution is 2.12. The highest BCUT2D eigenvalue weighted by molar-refractivity contribution is 5.06. The molecule has 0 unspecified atom stereocenters. The molecule has 0 N–H and O–H groups in total. The number of unbranched alkanes of at least 4 members (excludes halogenated alkanes) is 1. The van der Waals surface area contributed by atoms with Crippen molar-refractivity contribution < 1.29 is 0 Å². The Morgan fingerprint density at radius 1 is 0.789 bits per heavy atom. The molecule has 0 aromatic heterocycles. The van der Waals surface area contributed by atoms with E-state index < -0.39 is 0 Å². The normalized spacial score (nSPS) is 11.8. The highest BCUT2D eigenvalue weighted by Gasteiger charge is 1.91. The molecular weight excluding hydrogens is 228 g/mol. The molecule has 0 nitrogen and oxygen atoms in total. The van der Waals surface area contributed by atoms with Crippen LogP contribution < -0.4 is 0 Å². The van der Waals surface area contributed by atoms with Crippen molar-refractivity contribution in [3.05, 3.63) is 34.9 Å². The van der Waals surface area contributed by atoms with Crippen LogP contribution in [0.25, 0.3) is 0 Å². The first-order valence-corrected chi connectivity index (χ1v) is 7.40. The summed E-state index contributed by atoms with van der Waals surface area (Å²) in [5.74, 6) is 6.03. The third kappa shape index (κ3) is 13.0. The van der Waals surface area contributed by atoms with Gasteiger partial charge in [0.15, 0.2) is 0 Å². The molecule has 0 aliphatic carbocycles. The minimum atomic E-state index is 0.991. The van der Waals surface area contributed by atoms with Crippen molar-refractivity contribution in [3.8, 4) is 11.8 Å². The third-order valence-corrected chi connectivity index (χ3v) is 3.06. The fourth-order valence-corrected chi connectivity index (χ4v) is 1.85. The zero-order valence-electron chi connectivity index (χ0n) is 13.5. The summed E-state index contributed by atoms with van der Waals surface area (Å²) in [7, 11) is 0. The fraction of sp³-hybridized carbons (Fsp3) is 0.579. The molecule has 0 aliphatic heterocycles. The molecule has 0 radical (unpaired) electrons. The van der Waals surface area contributed by atoms with Gasteiger partial charge in [0.25, 0.3) is 0 Å². The lowest BCUT2D eigenvalue weighted by Gasteiger charge is -2.01. The molecule has 0 aromatic carbocycles. The first-order chi connectivity index (χ1) is 9.06. The van der Waals surface area contributed by atoms with Gasteiger partial charge in [0.05, 0.1) is 0 Å². The van der Waals surface area contributed by atoms with Crippen LogP contribution in [0.2, 0.25) is 0 Å². The second-order valence-electron chi connectivity index (χ2n) is 5.43. The summed E-state index contributed by atoms with van der Waals surface area (Å²) in [5, 5.41) is 0. The molecule has 0 fully saturated rings. The summed E-state index contributed by atoms with van der Waals surface area (Å²) in [6.07, 6.45) is 13.8. The first-order valence-electron chi connectivity index (χ1n) is 7.40. The van der Waals surface area contributed by atoms with Crippen LogP contribution in [0.1, 0.15) is 73.1 Å². The average molecular weight is 258 g/mol. The van der Waals surface area contributed by atoms with E-state index in [2.05, 4.69) is 57.8 Å². The van der Waals surface area contributed by atoms with E-state index in [-0.39, 0.29) is 0 Å². The molecule has 0 spiro atoms. The third-order valence-electron chi connectivity index (χ3n) is 3.06. The minimum Gasteiger partial charge on any atom is -0.107 e. The molecule has 0 rings (SSSR count). The smallest absolute Gasteiger partial charge is 0.0123 e. The Morgan fingerprint density at radius 3 is 1.84 bits per heavy atom. The van der Waals surface area contributed by atoms with E-state index in [0.29, 0.717) is 0 Å². The second kappa shape index (κ2) is 11.8. The Morgan fingerprint density at radius 2 is 1.32 bits per heavy atom. The zero-order chi connectivity index (χ0) is 14.5. The Kier molecular flexibility index (Phi) is 11.1. The van der Waals surface area contributed by atoms with Gasteiger partial charge in [-0.05, 0) is 66.7 Å². The average Bonchev–Trinajstić information content (AvgIpc) is 2.34. The van der Waals surface area contributed by atoms with Gasteiger partial charge in [-0.3, -0.25) is 0 Å². The van der Waals surface area contributed by atoms with Gasteiger partial charge in [0.1, 0.15) is 0 Å². The number of hydrogen-bond donors (Lipinski definition) is 0. The molecule has 0 amide bonds. The van der Waals surface area contributed by atoms with Gasteiger partial charge in [-0.15, -0.1) is 11.8 Å². The fourth-order valence-electron chi connectivity index (χ4n) is 1.85. The van der Waals surface area contributed by atoms with Crippen LogP contribution in [0.5, 0.6) is 0 Å². The van der Waals surface area contributed by atoms with E-state index in [1.807, 2.05) is 6.92 Å². The summed E-state index contributed by atoms with van der Waals surface area (Å²) >= 11 is 0. The summed E-state index contributed by atoms with van der Waals surface area (Å²) in [4.78, 5) is 0. The van der Waals surface area contributed by atoms with Gasteiger partial charge < -0.3 is 0 Å². The van der Waals surface area contributed by atoms with Crippen LogP contribution >= 0.6 is 0 Å². The monoisotopic (exact) mass is 258 g/mol. The lowest BCUT2D eigenvalue weighted by atomic mass is 10.1. The van der Waals surface area contributed by atoms with Gasteiger partial charge in [-0.25, -0.2) is 0 Å². The van der Waals surface area contributed by atoms with Crippen LogP contribution in [0.4, 0.5) is 0 Å². The predicted octanol–water partition coefficient (Wildman–Crippen LogP) is 6.21. The van der Waals surface area contributed by atoms with E-state index in [0.717, 1.165) is 12.8 Å². The van der Waals surface area contributed by atoms with Crippen molar-refractivity contribution in [2.24, 2.45) is 0 Å². The number of allylic oxidation sites excluding steroid dienone is 6. The SMILES string of the molecule is CC#CCCC=C(C)CCC=C(C)CCC=C(C)C. The quantitative estimate of drug-likeness (QED) is 0.276.